The van der Waals surface area contributed by atoms with Crippen LogP contribution >= 0.6 is 0 Å². The summed E-state index contributed by atoms with van der Waals surface area (Å²) in [5.41, 5.74) is 5.78. The summed E-state index contributed by atoms with van der Waals surface area (Å²) >= 11 is 0. The molecular weight excluding hydrogens is 360 g/mol. The number of nitrogens with two attached hydrogens (primary N) is 1. The van der Waals surface area contributed by atoms with Crippen molar-refractivity contribution in [3.05, 3.63) is 70.1 Å². The number of hydrogen-bond donors (Lipinski definition) is 3. The minimum Gasteiger partial charge on any atom is -0.480 e. The maximum absolute atomic E-state index is 12.6. The molecule has 0 aliphatic rings. The highest BCUT2D eigenvalue weighted by Gasteiger charge is 2.22. The van der Waals surface area contributed by atoms with Gasteiger partial charge in [0.15, 0.2) is 0 Å². The van der Waals surface area contributed by atoms with E-state index in [1.165, 1.54) is 10.6 Å². The number of aliphatic carboxylic acids is 1. The first kappa shape index (κ1) is 20.9. The van der Waals surface area contributed by atoms with Gasteiger partial charge in [0.05, 0.1) is 12.4 Å². The number of aliphatic imine (C=N–C) groups is 1. The van der Waals surface area contributed by atoms with Crippen LogP contribution in [-0.2, 0) is 11.3 Å². The Morgan fingerprint density at radius 3 is 2.57 bits per heavy atom. The Morgan fingerprint density at radius 1 is 1.21 bits per heavy atom. The van der Waals surface area contributed by atoms with Crippen molar-refractivity contribution in [3.63, 3.8) is 0 Å². The lowest BCUT2D eigenvalue weighted by Crippen LogP contribution is -2.43. The van der Waals surface area contributed by atoms with E-state index < -0.39 is 23.5 Å². The van der Waals surface area contributed by atoms with E-state index in [1.54, 1.807) is 19.2 Å². The van der Waals surface area contributed by atoms with Crippen LogP contribution in [0, 0.1) is 0 Å². The molecule has 1 unspecified atom stereocenters. The van der Waals surface area contributed by atoms with E-state index in [1.807, 2.05) is 30.3 Å². The van der Waals surface area contributed by atoms with Crippen LogP contribution in [0.25, 0.3) is 0 Å². The Morgan fingerprint density at radius 2 is 1.93 bits per heavy atom. The van der Waals surface area contributed by atoms with Gasteiger partial charge < -0.3 is 20.7 Å². The summed E-state index contributed by atoms with van der Waals surface area (Å²) in [7, 11) is 0. The number of benzene rings is 1. The highest BCUT2D eigenvalue weighted by Crippen LogP contribution is 2.03. The van der Waals surface area contributed by atoms with E-state index in [-0.39, 0.29) is 12.0 Å². The third-order valence-electron chi connectivity index (χ3n) is 4.08. The van der Waals surface area contributed by atoms with E-state index in [0.29, 0.717) is 25.3 Å². The number of hydrogen-bond acceptors (Lipinski definition) is 4. The molecule has 0 radical (unpaired) electrons. The van der Waals surface area contributed by atoms with Gasteiger partial charge in [-0.1, -0.05) is 30.3 Å². The molecule has 148 valence electrons. The fourth-order valence-electron chi connectivity index (χ4n) is 2.66. The molecule has 8 nitrogen and oxygen atoms in total. The summed E-state index contributed by atoms with van der Waals surface area (Å²) in [6.45, 7) is 2.34. The number of carboxylic acids is 1. The topological polar surface area (TPSA) is 127 Å². The van der Waals surface area contributed by atoms with Crippen LogP contribution in [0.2, 0.25) is 0 Å². The van der Waals surface area contributed by atoms with Gasteiger partial charge in [0.25, 0.3) is 11.5 Å². The van der Waals surface area contributed by atoms with Crippen molar-refractivity contribution in [2.45, 2.75) is 32.4 Å². The number of pyridine rings is 1. The standard InChI is InChI=1S/C20H24N4O4/c1-14(21)22-11-5-10-17(20(27)28)23-18(25)16-9-6-12-24(19(16)26)13-15-7-3-2-4-8-15/h2-4,6-9,12,17H,5,10-11,13H2,1H3,(H2,21,22)(H,23,25)(H,27,28). The highest BCUT2D eigenvalue weighted by atomic mass is 16.4. The van der Waals surface area contributed by atoms with Gasteiger partial charge in [0, 0.05) is 12.7 Å². The molecular formula is C20H24N4O4. The number of aromatic nitrogens is 1. The van der Waals surface area contributed by atoms with Gasteiger partial charge in [-0.25, -0.2) is 4.79 Å². The zero-order valence-electron chi connectivity index (χ0n) is 15.7. The number of nitrogens with one attached hydrogen (secondary N) is 1. The molecule has 1 atom stereocenters. The van der Waals surface area contributed by atoms with Gasteiger partial charge in [-0.15, -0.1) is 0 Å². The molecule has 0 aliphatic heterocycles. The summed E-state index contributed by atoms with van der Waals surface area (Å²) in [4.78, 5) is 40.5. The molecule has 1 aromatic carbocycles. The molecule has 2 aromatic rings. The Kier molecular flexibility index (Phi) is 7.50. The maximum atomic E-state index is 12.6. The van der Waals surface area contributed by atoms with Gasteiger partial charge in [-0.2, -0.15) is 0 Å². The minimum atomic E-state index is -1.16. The molecule has 0 fully saturated rings. The van der Waals surface area contributed by atoms with Crippen LogP contribution in [0.4, 0.5) is 0 Å². The van der Waals surface area contributed by atoms with Crippen molar-refractivity contribution in [3.8, 4) is 0 Å². The molecule has 0 saturated carbocycles. The zero-order valence-corrected chi connectivity index (χ0v) is 15.7. The van der Waals surface area contributed by atoms with Gasteiger partial charge in [-0.3, -0.25) is 14.6 Å². The number of carboxylic acid groups (broad SMARTS) is 1. The largest absolute Gasteiger partial charge is 0.480 e. The van der Waals surface area contributed by atoms with Crippen LogP contribution in [0.3, 0.4) is 0 Å². The van der Waals surface area contributed by atoms with Gasteiger partial charge >= 0.3 is 5.97 Å². The average Bonchev–Trinajstić information content (AvgIpc) is 2.66. The quantitative estimate of drug-likeness (QED) is 0.340. The molecule has 4 N–H and O–H groups in total. The molecule has 0 aliphatic carbocycles. The van der Waals surface area contributed by atoms with Gasteiger partial charge in [0.2, 0.25) is 0 Å². The normalized spacial score (nSPS) is 12.4. The number of carbonyl (C=O) groups is 2. The van der Waals surface area contributed by atoms with Crippen molar-refractivity contribution >= 4 is 17.7 Å². The Balaban J connectivity index is 2.09. The van der Waals surface area contributed by atoms with E-state index >= 15 is 0 Å². The summed E-state index contributed by atoms with van der Waals surface area (Å²) in [6, 6.07) is 11.2. The SMILES string of the molecule is CC(N)=NCCCC(NC(=O)c1cccn(Cc2ccccc2)c1=O)C(=O)O. The smallest absolute Gasteiger partial charge is 0.326 e. The Bertz CT molecular complexity index is 902. The molecule has 28 heavy (non-hydrogen) atoms. The number of nitrogens with zero attached hydrogens (tertiary/aromatic N) is 2. The monoisotopic (exact) mass is 384 g/mol. The fraction of sp³-hybridized carbons (Fsp3) is 0.300. The average molecular weight is 384 g/mol. The Hall–Kier alpha value is -3.42. The van der Waals surface area contributed by atoms with Gasteiger partial charge in [-0.05, 0) is 37.5 Å². The first-order chi connectivity index (χ1) is 13.4. The number of carbonyl (C=O) groups excluding carboxylic acids is 1. The molecule has 8 heteroatoms. The van der Waals surface area contributed by atoms with Crippen LogP contribution in [-0.4, -0.2) is 40.0 Å². The van der Waals surface area contributed by atoms with E-state index in [0.717, 1.165) is 5.56 Å². The van der Waals surface area contributed by atoms with Crippen molar-refractivity contribution in [1.82, 2.24) is 9.88 Å². The molecule has 1 amide bonds. The van der Waals surface area contributed by atoms with Crippen LogP contribution < -0.4 is 16.6 Å². The second-order valence-electron chi connectivity index (χ2n) is 6.37. The number of rotatable bonds is 9. The van der Waals surface area contributed by atoms with Crippen molar-refractivity contribution in [2.75, 3.05) is 6.54 Å². The lowest BCUT2D eigenvalue weighted by atomic mass is 10.1. The van der Waals surface area contributed by atoms with Crippen molar-refractivity contribution < 1.29 is 14.7 Å². The summed E-state index contributed by atoms with van der Waals surface area (Å²) < 4.78 is 1.42. The first-order valence-electron chi connectivity index (χ1n) is 8.92. The second kappa shape index (κ2) is 10.1. The summed E-state index contributed by atoms with van der Waals surface area (Å²) in [6.07, 6.45) is 2.22. The lowest BCUT2D eigenvalue weighted by Gasteiger charge is -2.14. The van der Waals surface area contributed by atoms with E-state index in [9.17, 15) is 19.5 Å². The lowest BCUT2D eigenvalue weighted by molar-refractivity contribution is -0.139. The predicted molar refractivity (Wildman–Crippen MR) is 107 cm³/mol. The molecule has 2 rings (SSSR count). The van der Waals surface area contributed by atoms with Crippen molar-refractivity contribution in [1.29, 1.82) is 0 Å². The highest BCUT2D eigenvalue weighted by molar-refractivity contribution is 5.96. The maximum Gasteiger partial charge on any atom is 0.326 e. The molecule has 1 heterocycles. The van der Waals surface area contributed by atoms with Crippen LogP contribution in [0.15, 0.2) is 58.4 Å². The molecule has 0 bridgehead atoms. The fourth-order valence-corrected chi connectivity index (χ4v) is 2.66. The van der Waals surface area contributed by atoms with Crippen LogP contribution in [0.1, 0.15) is 35.7 Å². The third kappa shape index (κ3) is 6.08. The molecule has 0 saturated heterocycles. The van der Waals surface area contributed by atoms with E-state index in [4.69, 9.17) is 5.73 Å². The Labute approximate surface area is 162 Å². The predicted octanol–water partition coefficient (Wildman–Crippen LogP) is 1.24. The summed E-state index contributed by atoms with van der Waals surface area (Å²) in [5, 5.41) is 11.8. The molecule has 0 spiro atoms. The number of amides is 1. The summed E-state index contributed by atoms with van der Waals surface area (Å²) in [5.74, 6) is -1.46. The van der Waals surface area contributed by atoms with Crippen molar-refractivity contribution in [2.24, 2.45) is 10.7 Å². The first-order valence-corrected chi connectivity index (χ1v) is 8.92. The number of amidine groups is 1. The van der Waals surface area contributed by atoms with E-state index in [2.05, 4.69) is 10.3 Å². The third-order valence-corrected chi connectivity index (χ3v) is 4.08. The second-order valence-corrected chi connectivity index (χ2v) is 6.37. The van der Waals surface area contributed by atoms with Gasteiger partial charge in [0.1, 0.15) is 11.6 Å². The minimum absolute atomic E-state index is 0.0968. The zero-order chi connectivity index (χ0) is 20.5. The molecule has 1 aromatic heterocycles. The van der Waals surface area contributed by atoms with Crippen LogP contribution in [0.5, 0.6) is 0 Å².